The zero-order valence-corrected chi connectivity index (χ0v) is 52.2. The van der Waals surface area contributed by atoms with Gasteiger partial charge in [-0.3, -0.25) is 0 Å². The Kier molecular flexibility index (Phi) is 17.0. The fraction of sp³-hybridized carbons (Fsp3) is 0.296. The molecule has 0 N–H and O–H groups in total. The molecule has 0 spiro atoms. The zero-order valence-electron chi connectivity index (χ0n) is 52.2. The molecule has 13 aromatic rings. The van der Waals surface area contributed by atoms with E-state index in [0.717, 1.165) is 111 Å². The van der Waals surface area contributed by atoms with Gasteiger partial charge in [0.15, 0.2) is 17.5 Å². The molecular weight excluding hydrogens is 1060 g/mol. The van der Waals surface area contributed by atoms with Crippen LogP contribution in [0.1, 0.15) is 152 Å². The van der Waals surface area contributed by atoms with E-state index >= 15 is 0 Å². The fourth-order valence-electron chi connectivity index (χ4n) is 13.7. The minimum Gasteiger partial charge on any atom is -0.309 e. The maximum absolute atomic E-state index is 5.76. The Morgan fingerprint density at radius 1 is 0.241 bits per heavy atom. The summed E-state index contributed by atoms with van der Waals surface area (Å²) in [5, 5.41) is 7.72. The molecular formula is C81H84N6. The summed E-state index contributed by atoms with van der Waals surface area (Å²) in [5.74, 6) is 1.86. The number of unbranched alkanes of at least 4 members (excludes halogenated alkanes) is 6. The average Bonchev–Trinajstić information content (AvgIpc) is 1.71. The van der Waals surface area contributed by atoms with E-state index in [9.17, 15) is 0 Å². The van der Waals surface area contributed by atoms with Gasteiger partial charge < -0.3 is 13.7 Å². The molecule has 6 nitrogen and oxygen atoms in total. The summed E-state index contributed by atoms with van der Waals surface area (Å²) in [7, 11) is 0. The molecule has 0 atom stereocenters. The van der Waals surface area contributed by atoms with Crippen LogP contribution in [-0.4, -0.2) is 28.7 Å². The first kappa shape index (κ1) is 57.5. The molecule has 0 fully saturated rings. The second-order valence-corrected chi connectivity index (χ2v) is 24.6. The Hall–Kier alpha value is -8.61. The van der Waals surface area contributed by atoms with Crippen molar-refractivity contribution in [2.75, 3.05) is 0 Å². The van der Waals surface area contributed by atoms with Crippen LogP contribution >= 0.6 is 0 Å². The van der Waals surface area contributed by atoms with E-state index in [-0.39, 0.29) is 0 Å². The molecule has 13 rings (SSSR count). The quantitative estimate of drug-likeness (QED) is 0.0606. The van der Waals surface area contributed by atoms with Crippen molar-refractivity contribution in [3.63, 3.8) is 0 Å². The monoisotopic (exact) mass is 1140 g/mol. The Morgan fingerprint density at radius 2 is 0.437 bits per heavy atom. The summed E-state index contributed by atoms with van der Waals surface area (Å²) in [4.78, 5) is 17.3. The van der Waals surface area contributed by atoms with E-state index in [2.05, 4.69) is 237 Å². The summed E-state index contributed by atoms with van der Waals surface area (Å²) >= 11 is 0. The largest absolute Gasteiger partial charge is 0.309 e. The van der Waals surface area contributed by atoms with Crippen LogP contribution in [0.3, 0.4) is 0 Å². The van der Waals surface area contributed by atoms with Crippen LogP contribution in [0.4, 0.5) is 0 Å². The predicted molar refractivity (Wildman–Crippen MR) is 371 cm³/mol. The Morgan fingerprint density at radius 3 is 0.632 bits per heavy atom. The van der Waals surface area contributed by atoms with Gasteiger partial charge in [-0.1, -0.05) is 153 Å². The molecule has 0 aliphatic rings. The standard InChI is InChI=1S/C81H84N6/c1-7-13-25-55-37-43-73-64(49-55)65-50-56(26-14-8-2)38-44-74(65)85(73)70-34-22-19-31-61(70)79-82-80(62-32-20-23-35-71(62)86-75-45-39-57(27-15-9-3)51-66(75)67-52-58(28-16-10-4)40-46-76(67)86)84-81(83-79)63-33-21-24-36-72(63)87-77-47-41-59(29-17-11-5)53-68(77)69-54-60(30-18-12-6)42-48-78(69)87/h19-24,31-54H,7-18,25-30H2,1-6H3. The van der Waals surface area contributed by atoms with Crippen LogP contribution in [0, 0.1) is 0 Å². The maximum atomic E-state index is 5.76. The van der Waals surface area contributed by atoms with E-state index in [1.807, 2.05) is 0 Å². The van der Waals surface area contributed by atoms with Gasteiger partial charge in [-0.2, -0.15) is 0 Å². The highest BCUT2D eigenvalue weighted by molar-refractivity contribution is 6.12. The van der Waals surface area contributed by atoms with E-state index < -0.39 is 0 Å². The van der Waals surface area contributed by atoms with Crippen molar-refractivity contribution in [1.82, 2.24) is 28.7 Å². The van der Waals surface area contributed by atoms with Crippen LogP contribution in [-0.2, 0) is 38.5 Å². The van der Waals surface area contributed by atoms with Gasteiger partial charge in [0.2, 0.25) is 0 Å². The number of fused-ring (bicyclic) bond motifs is 9. The summed E-state index contributed by atoms with van der Waals surface area (Å²) in [6, 6.07) is 69.4. The SMILES string of the molecule is CCCCc1ccc2c(c1)c1cc(CCCC)ccc1n2-c1ccccc1-c1nc(-c2ccccc2-n2c3ccc(CCCC)cc3c3cc(CCCC)ccc32)nc(-c2ccccc2-n2c3ccc(CCCC)cc3c3cc(CCCC)ccc32)n1. The molecule has 0 unspecified atom stereocenters. The lowest BCUT2D eigenvalue weighted by Gasteiger charge is -2.18. The van der Waals surface area contributed by atoms with Crippen LogP contribution < -0.4 is 0 Å². The molecule has 4 aromatic heterocycles. The molecule has 0 bridgehead atoms. The van der Waals surface area contributed by atoms with Gasteiger partial charge in [0.25, 0.3) is 0 Å². The van der Waals surface area contributed by atoms with Crippen molar-refractivity contribution in [2.45, 2.75) is 157 Å². The number of benzene rings is 9. The number of nitrogens with zero attached hydrogens (tertiary/aromatic N) is 6. The third-order valence-electron chi connectivity index (χ3n) is 18.4. The zero-order chi connectivity index (χ0) is 59.4. The molecule has 438 valence electrons. The molecule has 0 aliphatic heterocycles. The third kappa shape index (κ3) is 11.2. The molecule has 9 aromatic carbocycles. The molecule has 4 heterocycles. The number of rotatable bonds is 24. The lowest BCUT2D eigenvalue weighted by atomic mass is 10.0. The third-order valence-corrected chi connectivity index (χ3v) is 18.4. The minimum absolute atomic E-state index is 0.621. The van der Waals surface area contributed by atoms with E-state index in [1.54, 1.807) is 0 Å². The first-order valence-corrected chi connectivity index (χ1v) is 33.1. The molecule has 0 saturated carbocycles. The molecule has 87 heavy (non-hydrogen) atoms. The number of hydrogen-bond donors (Lipinski definition) is 0. The minimum atomic E-state index is 0.621. The maximum Gasteiger partial charge on any atom is 0.166 e. The van der Waals surface area contributed by atoms with E-state index in [4.69, 9.17) is 15.0 Å². The fourth-order valence-corrected chi connectivity index (χ4v) is 13.7. The highest BCUT2D eigenvalue weighted by atomic mass is 15.1. The van der Waals surface area contributed by atoms with Gasteiger partial charge in [0.1, 0.15) is 0 Å². The second-order valence-electron chi connectivity index (χ2n) is 24.6. The smallest absolute Gasteiger partial charge is 0.166 e. The topological polar surface area (TPSA) is 53.5 Å². The highest BCUT2D eigenvalue weighted by Gasteiger charge is 2.25. The van der Waals surface area contributed by atoms with Crippen molar-refractivity contribution < 1.29 is 0 Å². The van der Waals surface area contributed by atoms with E-state index in [0.29, 0.717) is 17.5 Å². The summed E-state index contributed by atoms with van der Waals surface area (Å²) in [6.07, 6.45) is 20.3. The molecule has 0 radical (unpaired) electrons. The Bertz CT molecular complexity index is 3950. The Balaban J connectivity index is 1.07. The lowest BCUT2D eigenvalue weighted by Crippen LogP contribution is -2.06. The van der Waals surface area contributed by atoms with Gasteiger partial charge in [-0.15, -0.1) is 0 Å². The van der Waals surface area contributed by atoms with Crippen molar-refractivity contribution in [3.05, 3.63) is 215 Å². The number of aryl methyl sites for hydroxylation is 6. The molecule has 0 saturated heterocycles. The summed E-state index contributed by atoms with van der Waals surface area (Å²) in [6.45, 7) is 13.7. The predicted octanol–water partition coefficient (Wildman–Crippen LogP) is 22.2. The van der Waals surface area contributed by atoms with Crippen LogP contribution in [0.15, 0.2) is 182 Å². The van der Waals surface area contributed by atoms with Crippen molar-refractivity contribution >= 4 is 65.4 Å². The summed E-state index contributed by atoms with van der Waals surface area (Å²) in [5.41, 5.74) is 21.3. The van der Waals surface area contributed by atoms with E-state index in [1.165, 1.54) is 137 Å². The number of aromatic nitrogens is 6. The molecule has 0 amide bonds. The van der Waals surface area contributed by atoms with Crippen LogP contribution in [0.2, 0.25) is 0 Å². The van der Waals surface area contributed by atoms with Gasteiger partial charge in [0.05, 0.1) is 50.2 Å². The first-order chi connectivity index (χ1) is 42.9. The number of hydrogen-bond acceptors (Lipinski definition) is 3. The molecule has 0 aliphatic carbocycles. The van der Waals surface area contributed by atoms with Crippen molar-refractivity contribution in [3.8, 4) is 51.2 Å². The lowest BCUT2D eigenvalue weighted by molar-refractivity contribution is 0.795. The number of para-hydroxylation sites is 3. The first-order valence-electron chi connectivity index (χ1n) is 33.1. The van der Waals surface area contributed by atoms with Crippen LogP contribution in [0.25, 0.3) is 117 Å². The van der Waals surface area contributed by atoms with Crippen molar-refractivity contribution in [1.29, 1.82) is 0 Å². The van der Waals surface area contributed by atoms with Crippen LogP contribution in [0.5, 0.6) is 0 Å². The Labute approximate surface area is 515 Å². The average molecular weight is 1140 g/mol. The van der Waals surface area contributed by atoms with Gasteiger partial charge in [-0.05, 0) is 220 Å². The summed E-state index contributed by atoms with van der Waals surface area (Å²) < 4.78 is 7.42. The van der Waals surface area contributed by atoms with Gasteiger partial charge in [0, 0.05) is 49.0 Å². The van der Waals surface area contributed by atoms with Gasteiger partial charge >= 0.3 is 0 Å². The normalized spacial score (nSPS) is 11.9. The van der Waals surface area contributed by atoms with Crippen molar-refractivity contribution in [2.24, 2.45) is 0 Å². The second kappa shape index (κ2) is 25.8. The van der Waals surface area contributed by atoms with Gasteiger partial charge in [-0.25, -0.2) is 15.0 Å². The molecule has 6 heteroatoms. The highest BCUT2D eigenvalue weighted by Crippen LogP contribution is 2.42.